The molecule has 0 spiro atoms. The first-order valence-electron chi connectivity index (χ1n) is 16.7. The third kappa shape index (κ3) is 9.46. The number of rotatable bonds is 6. The third-order valence-corrected chi connectivity index (χ3v) is 10.4. The van der Waals surface area contributed by atoms with Crippen molar-refractivity contribution in [3.8, 4) is 11.5 Å². The summed E-state index contributed by atoms with van der Waals surface area (Å²) in [6.07, 6.45) is -1.83. The van der Waals surface area contributed by atoms with Gasteiger partial charge in [-0.2, -0.15) is 13.2 Å². The van der Waals surface area contributed by atoms with Crippen LogP contribution in [0.25, 0.3) is 11.0 Å². The SMILES string of the molecule is Cc1cc(=O)c2c(O)c3c(cc2o1)OCC(C)CC3.Cl.Cl.OCCN1CCN(CCCN2c3ccccc3Sc3ccc(C(F)(F)F)cc32)CC1. The van der Waals surface area contributed by atoms with Crippen LogP contribution in [0.2, 0.25) is 0 Å². The maximum Gasteiger partial charge on any atom is 0.416 e. The van der Waals surface area contributed by atoms with E-state index in [4.69, 9.17) is 14.3 Å². The Bertz CT molecular complexity index is 1850. The monoisotopic (exact) mass is 769 g/mol. The number of aryl methyl sites for hydroxylation is 1. The van der Waals surface area contributed by atoms with Crippen molar-refractivity contribution in [1.82, 2.24) is 9.80 Å². The quantitative estimate of drug-likeness (QED) is 0.203. The molecule has 4 heterocycles. The lowest BCUT2D eigenvalue weighted by Gasteiger charge is -2.36. The Balaban J connectivity index is 0.000000241. The van der Waals surface area contributed by atoms with Gasteiger partial charge in [0.15, 0.2) is 5.43 Å². The molecule has 0 amide bonds. The van der Waals surface area contributed by atoms with Crippen molar-refractivity contribution in [3.05, 3.63) is 81.7 Å². The van der Waals surface area contributed by atoms with E-state index in [2.05, 4.69) is 16.7 Å². The molecule has 1 atom stereocenters. The molecular weight excluding hydrogens is 726 g/mol. The fraction of sp³-hybridized carbons (Fsp3) is 0.432. The number of para-hydroxylation sites is 1. The van der Waals surface area contributed by atoms with Gasteiger partial charge in [-0.25, -0.2) is 0 Å². The van der Waals surface area contributed by atoms with E-state index in [1.165, 1.54) is 30.0 Å². The second kappa shape index (κ2) is 17.6. The maximum absolute atomic E-state index is 13.3. The zero-order chi connectivity index (χ0) is 34.7. The molecule has 7 rings (SSSR count). The number of piperazine rings is 1. The van der Waals surface area contributed by atoms with E-state index in [0.29, 0.717) is 60.4 Å². The van der Waals surface area contributed by atoms with Crippen molar-refractivity contribution in [2.24, 2.45) is 5.92 Å². The number of ether oxygens (including phenoxy) is 1. The number of anilines is 2. The third-order valence-electron chi connectivity index (χ3n) is 9.28. The Hall–Kier alpha value is -3.13. The standard InChI is InChI=1S/C22H26F3N3OS.C15H16O4.2ClH/c23-22(24,25)17-6-7-21-19(16-17)28(18-4-1-2-5-20(18)30-21)9-3-8-26-10-12-27(13-11-26)14-15-29;1-8-3-4-10-12(18-7-8)6-13-14(15(10)17)11(16)5-9(2)19-13;;/h1-2,4-7,16,29H,3,8-15H2;5-6,8,17H,3-4,7H2,1-2H3;2*1H. The molecule has 0 saturated carbocycles. The van der Waals surface area contributed by atoms with Crippen LogP contribution in [0.1, 0.15) is 36.7 Å². The molecule has 8 nitrogen and oxygen atoms in total. The van der Waals surface area contributed by atoms with E-state index in [-0.39, 0.29) is 48.0 Å². The first-order chi connectivity index (χ1) is 23.5. The number of aliphatic hydroxyl groups excluding tert-OH is 1. The summed E-state index contributed by atoms with van der Waals surface area (Å²) in [5, 5.41) is 19.7. The second-order valence-electron chi connectivity index (χ2n) is 12.9. The number of aliphatic hydroxyl groups is 1. The molecule has 4 aromatic rings. The molecule has 1 unspecified atom stereocenters. The van der Waals surface area contributed by atoms with E-state index < -0.39 is 11.7 Å². The highest BCUT2D eigenvalue weighted by Crippen LogP contribution is 2.49. The van der Waals surface area contributed by atoms with Crippen molar-refractivity contribution in [2.45, 2.75) is 49.1 Å². The first kappa shape index (κ1) is 40.6. The number of benzene rings is 3. The summed E-state index contributed by atoms with van der Waals surface area (Å²) in [6, 6.07) is 15.1. The molecule has 278 valence electrons. The molecule has 3 aliphatic rings. The molecule has 0 radical (unpaired) electrons. The van der Waals surface area contributed by atoms with E-state index in [1.54, 1.807) is 19.1 Å². The smallest absolute Gasteiger partial charge is 0.416 e. The highest BCUT2D eigenvalue weighted by Gasteiger charge is 2.33. The fourth-order valence-electron chi connectivity index (χ4n) is 6.59. The summed E-state index contributed by atoms with van der Waals surface area (Å²) in [5.41, 5.74) is 1.90. The minimum absolute atomic E-state index is 0. The van der Waals surface area contributed by atoms with Crippen LogP contribution in [0.15, 0.2) is 73.6 Å². The van der Waals surface area contributed by atoms with Crippen molar-refractivity contribution >= 4 is 58.9 Å². The molecular formula is C37H44Cl2F3N3O5S. The number of hydrogen-bond acceptors (Lipinski definition) is 9. The van der Waals surface area contributed by atoms with Crippen LogP contribution in [0.3, 0.4) is 0 Å². The average Bonchev–Trinajstić information content (AvgIpc) is 3.26. The number of hydrogen-bond donors (Lipinski definition) is 2. The van der Waals surface area contributed by atoms with Gasteiger partial charge in [-0.15, -0.1) is 24.8 Å². The van der Waals surface area contributed by atoms with Crippen molar-refractivity contribution in [2.75, 3.05) is 63.9 Å². The number of fused-ring (bicyclic) bond motifs is 4. The minimum atomic E-state index is -4.35. The average molecular weight is 771 g/mol. The van der Waals surface area contributed by atoms with Gasteiger partial charge in [0, 0.05) is 66.8 Å². The summed E-state index contributed by atoms with van der Waals surface area (Å²) in [7, 11) is 0. The number of β-amino-alcohol motifs (C(OH)–C–C–N with tert-alkyl or cyclic N) is 1. The number of aromatic hydroxyl groups is 1. The van der Waals surface area contributed by atoms with E-state index >= 15 is 0 Å². The van der Waals surface area contributed by atoms with Crippen LogP contribution in [-0.2, 0) is 12.6 Å². The largest absolute Gasteiger partial charge is 0.507 e. The van der Waals surface area contributed by atoms with Gasteiger partial charge in [0.05, 0.1) is 30.2 Å². The molecule has 1 fully saturated rings. The number of alkyl halides is 3. The Kier molecular flexibility index (Phi) is 14.0. The summed E-state index contributed by atoms with van der Waals surface area (Å²) in [5.74, 6) is 1.59. The molecule has 0 aliphatic carbocycles. The molecule has 0 bridgehead atoms. The fourth-order valence-corrected chi connectivity index (χ4v) is 7.67. The van der Waals surface area contributed by atoms with Gasteiger partial charge in [-0.3, -0.25) is 9.69 Å². The summed E-state index contributed by atoms with van der Waals surface area (Å²) < 4.78 is 51.2. The van der Waals surface area contributed by atoms with E-state index in [9.17, 15) is 23.1 Å². The van der Waals surface area contributed by atoms with Gasteiger partial charge in [0.2, 0.25) is 0 Å². The Morgan fingerprint density at radius 3 is 2.31 bits per heavy atom. The topological polar surface area (TPSA) is 89.6 Å². The lowest BCUT2D eigenvalue weighted by atomic mass is 10.00. The molecule has 14 heteroatoms. The normalized spacial score (nSPS) is 17.4. The van der Waals surface area contributed by atoms with E-state index in [1.807, 2.05) is 29.2 Å². The van der Waals surface area contributed by atoms with Crippen LogP contribution in [0.4, 0.5) is 24.5 Å². The molecule has 1 saturated heterocycles. The predicted molar refractivity (Wildman–Crippen MR) is 200 cm³/mol. The van der Waals surface area contributed by atoms with Crippen LogP contribution in [0.5, 0.6) is 11.5 Å². The Morgan fingerprint density at radius 2 is 1.61 bits per heavy atom. The van der Waals surface area contributed by atoms with Crippen LogP contribution in [-0.4, -0.2) is 79.0 Å². The molecule has 51 heavy (non-hydrogen) atoms. The highest BCUT2D eigenvalue weighted by molar-refractivity contribution is 7.99. The number of halogens is 5. The van der Waals surface area contributed by atoms with Gasteiger partial charge in [0.25, 0.3) is 0 Å². The number of phenolic OH excluding ortho intramolecular Hbond substituents is 1. The Morgan fingerprint density at radius 1 is 0.922 bits per heavy atom. The van der Waals surface area contributed by atoms with Gasteiger partial charge in [-0.1, -0.05) is 30.8 Å². The Labute approximate surface area is 312 Å². The van der Waals surface area contributed by atoms with Gasteiger partial charge >= 0.3 is 6.18 Å². The van der Waals surface area contributed by atoms with Crippen molar-refractivity contribution in [3.63, 3.8) is 0 Å². The summed E-state index contributed by atoms with van der Waals surface area (Å²) >= 11 is 1.53. The van der Waals surface area contributed by atoms with Gasteiger partial charge in [-0.05, 0) is 69.0 Å². The number of nitrogens with zero attached hydrogens (tertiary/aromatic N) is 3. The zero-order valence-corrected chi connectivity index (χ0v) is 31.0. The highest BCUT2D eigenvalue weighted by atomic mass is 35.5. The second-order valence-corrected chi connectivity index (χ2v) is 14.0. The van der Waals surface area contributed by atoms with Gasteiger partial charge in [0.1, 0.15) is 28.2 Å². The predicted octanol–water partition coefficient (Wildman–Crippen LogP) is 7.92. The molecule has 1 aromatic heterocycles. The summed E-state index contributed by atoms with van der Waals surface area (Å²) in [6.45, 7) is 10.7. The minimum Gasteiger partial charge on any atom is -0.507 e. The lowest BCUT2D eigenvalue weighted by molar-refractivity contribution is -0.137. The van der Waals surface area contributed by atoms with Crippen molar-refractivity contribution < 1.29 is 32.5 Å². The zero-order valence-electron chi connectivity index (χ0n) is 28.6. The first-order valence-corrected chi connectivity index (χ1v) is 17.6. The molecule has 3 aliphatic heterocycles. The number of phenols is 1. The van der Waals surface area contributed by atoms with Crippen LogP contribution >= 0.6 is 36.6 Å². The maximum atomic E-state index is 13.3. The van der Waals surface area contributed by atoms with E-state index in [0.717, 1.165) is 61.0 Å². The van der Waals surface area contributed by atoms with Gasteiger partial charge < -0.3 is 29.2 Å². The summed E-state index contributed by atoms with van der Waals surface area (Å²) in [4.78, 5) is 20.6. The lowest BCUT2D eigenvalue weighted by Crippen LogP contribution is -2.47. The molecule has 3 aromatic carbocycles. The van der Waals surface area contributed by atoms with Crippen LogP contribution in [0, 0.1) is 12.8 Å². The molecule has 2 N–H and O–H groups in total. The van der Waals surface area contributed by atoms with Crippen LogP contribution < -0.4 is 15.1 Å². The van der Waals surface area contributed by atoms with Crippen molar-refractivity contribution in [1.29, 1.82) is 0 Å².